The number of nitrogens with zero attached hydrogens (tertiary/aromatic N) is 2. The molecule has 8 rings (SSSR count). The molecule has 0 aliphatic rings. The summed E-state index contributed by atoms with van der Waals surface area (Å²) in [6.07, 6.45) is 3.79. The Labute approximate surface area is 336 Å². The van der Waals surface area contributed by atoms with E-state index in [1.807, 2.05) is 12.4 Å². The molecule has 0 aliphatic heterocycles. The number of pyridine rings is 2. The van der Waals surface area contributed by atoms with Crippen LogP contribution in [0.2, 0.25) is 0 Å². The Kier molecular flexibility index (Phi) is 9.99. The van der Waals surface area contributed by atoms with Gasteiger partial charge in [-0.1, -0.05) is 123 Å². The third-order valence-electron chi connectivity index (χ3n) is 9.18. The molecule has 0 spiro atoms. The maximum absolute atomic E-state index is 6.56. The van der Waals surface area contributed by atoms with E-state index in [1.54, 1.807) is 45.3 Å². The minimum absolute atomic E-state index is 0. The van der Waals surface area contributed by atoms with Gasteiger partial charge in [-0.25, -0.2) is 22.7 Å². The van der Waals surface area contributed by atoms with Crippen LogP contribution in [0.5, 0.6) is 11.5 Å². The van der Waals surface area contributed by atoms with Crippen molar-refractivity contribution in [3.8, 4) is 53.5 Å². The number of ether oxygens (including phenoxy) is 1. The average Bonchev–Trinajstić information content (AvgIpc) is 3.89. The van der Waals surface area contributed by atoms with E-state index in [0.717, 1.165) is 51.8 Å². The molecule has 2 aromatic carbocycles. The summed E-state index contributed by atoms with van der Waals surface area (Å²) < 4.78 is 8.88. The summed E-state index contributed by atoms with van der Waals surface area (Å²) in [6.45, 7) is 17.7. The van der Waals surface area contributed by atoms with Crippen LogP contribution in [0.15, 0.2) is 85.2 Å². The van der Waals surface area contributed by atoms with Crippen LogP contribution in [0.3, 0.4) is 0 Å². The van der Waals surface area contributed by atoms with Crippen LogP contribution >= 0.6 is 45.3 Å². The fraction of sp³-hybridized carbons (Fsp3) is 0.227. The molecule has 0 saturated heterocycles. The summed E-state index contributed by atoms with van der Waals surface area (Å²) in [7, 11) is 0. The van der Waals surface area contributed by atoms with Gasteiger partial charge in [0.2, 0.25) is 0 Å². The molecule has 0 amide bonds. The van der Waals surface area contributed by atoms with Crippen LogP contribution in [0.4, 0.5) is 0 Å². The molecule has 6 heterocycles. The molecular weight excluding hydrogens is 896 g/mol. The summed E-state index contributed by atoms with van der Waals surface area (Å²) >= 11 is 6.90. The van der Waals surface area contributed by atoms with Crippen molar-refractivity contribution in [2.45, 2.75) is 66.2 Å². The van der Waals surface area contributed by atoms with Crippen molar-refractivity contribution < 1.29 is 25.8 Å². The first-order chi connectivity index (χ1) is 24.3. The first-order valence-electron chi connectivity index (χ1n) is 17.0. The Morgan fingerprint density at radius 3 is 1.29 bits per heavy atom. The van der Waals surface area contributed by atoms with E-state index in [4.69, 9.17) is 14.7 Å². The van der Waals surface area contributed by atoms with Crippen molar-refractivity contribution in [1.82, 2.24) is 9.97 Å². The molecule has 52 heavy (non-hydrogen) atoms. The van der Waals surface area contributed by atoms with Crippen LogP contribution in [-0.4, -0.2) is 9.97 Å². The second-order valence-electron chi connectivity index (χ2n) is 15.0. The topological polar surface area (TPSA) is 35.0 Å². The molecule has 0 bridgehead atoms. The Morgan fingerprint density at radius 2 is 0.923 bits per heavy atom. The Balaban J connectivity index is 0.00000420. The molecule has 0 saturated carbocycles. The van der Waals surface area contributed by atoms with Crippen LogP contribution in [0.1, 0.15) is 62.4 Å². The summed E-state index contributed by atoms with van der Waals surface area (Å²) in [5.74, 6) is 1.44. The van der Waals surface area contributed by atoms with Gasteiger partial charge in [-0.05, 0) is 79.5 Å². The normalized spacial score (nSPS) is 12.1. The standard InChI is InChI=1S/C44H38N2OS4.Pt/c1-25-33(23-37(48-25)39-41-29(17-19-45-39)21-35(50-41)27-9-13-31(14-10-27)43(3,4)5)47-34-24-38(49-26(34)2)40-42-30(18-20-46-40)22-36(51-42)28-11-15-32(16-12-28)44(6,7)8;/h9-22H,1-8H3;/q-2;+2. The van der Waals surface area contributed by atoms with Crippen molar-refractivity contribution in [2.75, 3.05) is 0 Å². The number of hydrogen-bond donors (Lipinski definition) is 0. The molecule has 8 aromatic rings. The first kappa shape index (κ1) is 36.9. The summed E-state index contributed by atoms with van der Waals surface area (Å²) in [5, 5.41) is 2.38. The van der Waals surface area contributed by atoms with Crippen molar-refractivity contribution in [2.24, 2.45) is 0 Å². The maximum atomic E-state index is 6.56. The number of aromatic nitrogens is 2. The van der Waals surface area contributed by atoms with Crippen LogP contribution in [0.25, 0.3) is 62.2 Å². The second-order valence-corrected chi connectivity index (χ2v) is 19.6. The van der Waals surface area contributed by atoms with E-state index in [2.05, 4.69) is 140 Å². The molecule has 8 heteroatoms. The van der Waals surface area contributed by atoms with E-state index in [0.29, 0.717) is 0 Å². The summed E-state index contributed by atoms with van der Waals surface area (Å²) in [6, 6.07) is 33.8. The molecule has 0 fully saturated rings. The molecule has 0 radical (unpaired) electrons. The molecule has 0 unspecified atom stereocenters. The fourth-order valence-corrected chi connectivity index (χ4v) is 10.4. The number of benzene rings is 2. The third-order valence-corrected chi connectivity index (χ3v) is 13.6. The van der Waals surface area contributed by atoms with Crippen molar-refractivity contribution in [3.63, 3.8) is 0 Å². The van der Waals surface area contributed by atoms with E-state index < -0.39 is 0 Å². The average molecular weight is 934 g/mol. The van der Waals surface area contributed by atoms with Crippen LogP contribution in [0, 0.1) is 26.0 Å². The van der Waals surface area contributed by atoms with Gasteiger partial charge < -0.3 is 14.7 Å². The Bertz CT molecular complexity index is 2360. The third kappa shape index (κ3) is 7.11. The molecule has 0 atom stereocenters. The van der Waals surface area contributed by atoms with Gasteiger partial charge in [-0.2, -0.15) is 0 Å². The van der Waals surface area contributed by atoms with E-state index in [1.165, 1.54) is 42.8 Å². The zero-order chi connectivity index (χ0) is 35.7. The number of rotatable bonds is 6. The van der Waals surface area contributed by atoms with Gasteiger partial charge in [0.25, 0.3) is 0 Å². The van der Waals surface area contributed by atoms with E-state index in [-0.39, 0.29) is 31.9 Å². The molecule has 3 nitrogen and oxygen atoms in total. The van der Waals surface area contributed by atoms with Crippen LogP contribution in [-0.2, 0) is 31.9 Å². The largest absolute Gasteiger partial charge is 2.00 e. The minimum atomic E-state index is 0. The predicted molar refractivity (Wildman–Crippen MR) is 221 cm³/mol. The molecule has 0 aliphatic carbocycles. The molecule has 6 aromatic heterocycles. The summed E-state index contributed by atoms with van der Waals surface area (Å²) in [4.78, 5) is 16.2. The number of hydrogen-bond acceptors (Lipinski definition) is 7. The first-order valence-corrected chi connectivity index (χ1v) is 20.3. The molecule has 0 N–H and O–H groups in total. The van der Waals surface area contributed by atoms with Gasteiger partial charge >= 0.3 is 21.1 Å². The van der Waals surface area contributed by atoms with Crippen molar-refractivity contribution in [1.29, 1.82) is 0 Å². The minimum Gasteiger partial charge on any atom is -0.507 e. The van der Waals surface area contributed by atoms with E-state index >= 15 is 0 Å². The van der Waals surface area contributed by atoms with Crippen molar-refractivity contribution in [3.05, 3.63) is 118 Å². The predicted octanol–water partition coefficient (Wildman–Crippen LogP) is 14.3. The van der Waals surface area contributed by atoms with Gasteiger partial charge in [-0.3, -0.25) is 0 Å². The van der Waals surface area contributed by atoms with Gasteiger partial charge in [0, 0.05) is 43.0 Å². The smallest absolute Gasteiger partial charge is 0.507 e. The summed E-state index contributed by atoms with van der Waals surface area (Å²) in [5.41, 5.74) is 7.27. The molecular formula is C44H38N2OPtS4. The van der Waals surface area contributed by atoms with Gasteiger partial charge in [-0.15, -0.1) is 34.8 Å². The van der Waals surface area contributed by atoms with Gasteiger partial charge in [0.1, 0.15) is 0 Å². The maximum Gasteiger partial charge on any atom is 2.00 e. The van der Waals surface area contributed by atoms with Crippen molar-refractivity contribution >= 4 is 65.5 Å². The monoisotopic (exact) mass is 933 g/mol. The zero-order valence-electron chi connectivity index (χ0n) is 30.3. The Morgan fingerprint density at radius 1 is 0.538 bits per heavy atom. The number of thiophene rings is 4. The van der Waals surface area contributed by atoms with Gasteiger partial charge in [0.15, 0.2) is 0 Å². The fourth-order valence-electron chi connectivity index (χ4n) is 6.15. The number of aryl methyl sites for hydroxylation is 2. The Hall–Kier alpha value is -3.45. The SMILES string of the molecule is Cc1sc(-c2nccc3cc(-c4ccc(C(C)(C)C)cc4)sc23)[c-]c1Oc1[c-]c(-c2nccc3cc(-c4ccc(C(C)(C)C)cc4)sc23)sc1C.[Pt+2]. The van der Waals surface area contributed by atoms with E-state index in [9.17, 15) is 0 Å². The zero-order valence-corrected chi connectivity index (χ0v) is 35.9. The molecule has 264 valence electrons. The van der Waals surface area contributed by atoms with Gasteiger partial charge in [0.05, 0.1) is 0 Å². The van der Waals surface area contributed by atoms with Crippen LogP contribution < -0.4 is 4.74 Å². The number of fused-ring (bicyclic) bond motifs is 2. The second kappa shape index (κ2) is 14.1. The quantitative estimate of drug-likeness (QED) is 0.156.